The smallest absolute Gasteiger partial charge is 0.220 e. The maximum absolute atomic E-state index is 12.4. The molecule has 0 spiro atoms. The maximum atomic E-state index is 12.4. The minimum atomic E-state index is -0.878. The monoisotopic (exact) mass is 880 g/mol. The van der Waals surface area contributed by atoms with Gasteiger partial charge in [0.05, 0.1) is 18.8 Å². The highest BCUT2D eigenvalue weighted by Gasteiger charge is 2.17. The topological polar surface area (TPSA) is 69.6 Å². The van der Waals surface area contributed by atoms with Gasteiger partial charge in [-0.1, -0.05) is 237 Å². The van der Waals surface area contributed by atoms with Crippen LogP contribution in [-0.4, -0.2) is 34.9 Å². The van der Waals surface area contributed by atoms with Crippen molar-refractivity contribution < 1.29 is 15.0 Å². The van der Waals surface area contributed by atoms with Crippen molar-refractivity contribution in [2.75, 3.05) is 6.61 Å². The molecule has 0 radical (unpaired) electrons. The van der Waals surface area contributed by atoms with E-state index in [0.29, 0.717) is 6.42 Å². The minimum Gasteiger partial charge on any atom is -0.394 e. The number of allylic oxidation sites excluding steroid dienone is 23. The van der Waals surface area contributed by atoms with Gasteiger partial charge in [0.15, 0.2) is 0 Å². The van der Waals surface area contributed by atoms with Crippen LogP contribution in [0.15, 0.2) is 146 Å². The molecule has 0 aliphatic rings. The van der Waals surface area contributed by atoms with E-state index in [1.54, 1.807) is 6.08 Å². The number of carbonyl (C=O) groups is 1. The van der Waals surface area contributed by atoms with E-state index >= 15 is 0 Å². The molecule has 4 nitrogen and oxygen atoms in total. The maximum Gasteiger partial charge on any atom is 0.220 e. The molecule has 0 aromatic carbocycles. The number of nitrogens with one attached hydrogen (secondary N) is 1. The molecule has 360 valence electrons. The van der Waals surface area contributed by atoms with E-state index in [2.05, 4.69) is 153 Å². The first kappa shape index (κ1) is 60.3. The van der Waals surface area contributed by atoms with Gasteiger partial charge in [0, 0.05) is 6.42 Å². The summed E-state index contributed by atoms with van der Waals surface area (Å²) in [5, 5.41) is 23.0. The van der Waals surface area contributed by atoms with Crippen molar-refractivity contribution in [1.29, 1.82) is 0 Å². The van der Waals surface area contributed by atoms with Crippen LogP contribution in [0, 0.1) is 0 Å². The molecule has 0 aromatic rings. The molecule has 64 heavy (non-hydrogen) atoms. The summed E-state index contributed by atoms with van der Waals surface area (Å²) in [6.45, 7) is 4.16. The van der Waals surface area contributed by atoms with Crippen LogP contribution in [0.1, 0.15) is 206 Å². The first-order chi connectivity index (χ1) is 31.7. The summed E-state index contributed by atoms with van der Waals surface area (Å²) in [5.41, 5.74) is 0. The van der Waals surface area contributed by atoms with Crippen LogP contribution < -0.4 is 5.32 Å². The van der Waals surface area contributed by atoms with E-state index in [-0.39, 0.29) is 12.5 Å². The molecule has 3 N–H and O–H groups in total. The Labute approximate surface area is 395 Å². The molecule has 0 heterocycles. The second kappa shape index (κ2) is 53.6. The third kappa shape index (κ3) is 49.3. The Hall–Kier alpha value is -3.73. The molecular weight excluding hydrogens is 783 g/mol. The molecule has 0 aliphatic heterocycles. The highest BCUT2D eigenvalue weighted by molar-refractivity contribution is 5.76. The fraction of sp³-hybridized carbons (Fsp3) is 0.583. The quantitative estimate of drug-likeness (QED) is 0.0422. The summed E-state index contributed by atoms with van der Waals surface area (Å²) < 4.78 is 0. The number of rotatable bonds is 45. The van der Waals surface area contributed by atoms with Crippen LogP contribution in [0.4, 0.5) is 0 Å². The summed E-state index contributed by atoms with van der Waals surface area (Å²) in [5.74, 6) is -0.0956. The van der Waals surface area contributed by atoms with E-state index in [1.807, 2.05) is 6.08 Å². The molecule has 2 atom stereocenters. The third-order valence-corrected chi connectivity index (χ3v) is 10.8. The van der Waals surface area contributed by atoms with Gasteiger partial charge in [-0.25, -0.2) is 0 Å². The Kier molecular flexibility index (Phi) is 50.5. The first-order valence-electron chi connectivity index (χ1n) is 26.0. The number of aliphatic hydroxyl groups is 2. The zero-order valence-corrected chi connectivity index (χ0v) is 41.2. The lowest BCUT2D eigenvalue weighted by molar-refractivity contribution is -0.123. The van der Waals surface area contributed by atoms with Crippen molar-refractivity contribution in [1.82, 2.24) is 5.32 Å². The Morgan fingerprint density at radius 3 is 1.09 bits per heavy atom. The molecule has 0 bridgehead atoms. The van der Waals surface area contributed by atoms with Gasteiger partial charge in [-0.2, -0.15) is 0 Å². The van der Waals surface area contributed by atoms with Crippen LogP contribution in [0.2, 0.25) is 0 Å². The number of hydrogen-bond donors (Lipinski definition) is 3. The molecule has 4 heteroatoms. The Morgan fingerprint density at radius 2 is 0.703 bits per heavy atom. The van der Waals surface area contributed by atoms with Gasteiger partial charge >= 0.3 is 0 Å². The fourth-order valence-electron chi connectivity index (χ4n) is 6.87. The second-order valence-electron chi connectivity index (χ2n) is 16.8. The standard InChI is InChI=1S/C60H97NO3/c1-3-5-7-9-11-13-15-17-19-20-21-22-23-24-25-26-27-28-29-30-31-32-33-34-35-36-37-38-39-40-42-44-46-48-50-52-54-56-60(64)61-58(57-62)59(63)55-53-51-49-47-45-43-41-18-16-14-12-10-8-6-4-2/h5,7,11,13,17,19,21-22,24-25,27-28,30-31,33-34,36-37,39-40,45,47,53,55,58-59,62-63H,3-4,6,8-10,12,14-16,18,20,23,26,29,32,35,38,41-44,46,48-52,54,56-57H2,1-2H3,(H,61,64)/b7-5-,13-11-,19-17-,22-21-,25-24-,28-27-,31-30-,34-33-,37-36-,40-39-,47-45+,55-53+. The third-order valence-electron chi connectivity index (χ3n) is 10.8. The van der Waals surface area contributed by atoms with E-state index < -0.39 is 12.1 Å². The predicted octanol–water partition coefficient (Wildman–Crippen LogP) is 17.2. The van der Waals surface area contributed by atoms with Gasteiger partial charge in [0.25, 0.3) is 0 Å². The van der Waals surface area contributed by atoms with Crippen molar-refractivity contribution in [3.8, 4) is 0 Å². The average Bonchev–Trinajstić information content (AvgIpc) is 3.30. The predicted molar refractivity (Wildman–Crippen MR) is 285 cm³/mol. The lowest BCUT2D eigenvalue weighted by Gasteiger charge is -2.19. The molecule has 2 unspecified atom stereocenters. The minimum absolute atomic E-state index is 0.0956. The molecule has 0 saturated heterocycles. The Bertz CT molecular complexity index is 1370. The molecule has 0 saturated carbocycles. The summed E-state index contributed by atoms with van der Waals surface area (Å²) in [4.78, 5) is 12.4. The van der Waals surface area contributed by atoms with Gasteiger partial charge in [-0.05, 0) is 109 Å². The molecule has 0 aromatic heterocycles. The van der Waals surface area contributed by atoms with Gasteiger partial charge in [0.2, 0.25) is 5.91 Å². The normalized spacial score (nSPS) is 14.1. The van der Waals surface area contributed by atoms with Gasteiger partial charge in [-0.3, -0.25) is 4.79 Å². The highest BCUT2D eigenvalue weighted by atomic mass is 16.3. The highest BCUT2D eigenvalue weighted by Crippen LogP contribution is 2.12. The van der Waals surface area contributed by atoms with Crippen molar-refractivity contribution in [3.63, 3.8) is 0 Å². The van der Waals surface area contributed by atoms with E-state index in [9.17, 15) is 15.0 Å². The van der Waals surface area contributed by atoms with Crippen LogP contribution in [0.3, 0.4) is 0 Å². The number of amides is 1. The van der Waals surface area contributed by atoms with Crippen molar-refractivity contribution in [2.45, 2.75) is 219 Å². The van der Waals surface area contributed by atoms with E-state index in [1.165, 1.54) is 77.0 Å². The number of hydrogen-bond acceptors (Lipinski definition) is 3. The zero-order valence-electron chi connectivity index (χ0n) is 41.2. The largest absolute Gasteiger partial charge is 0.394 e. The van der Waals surface area contributed by atoms with E-state index in [4.69, 9.17) is 0 Å². The van der Waals surface area contributed by atoms with Crippen molar-refractivity contribution >= 4 is 5.91 Å². The Morgan fingerprint density at radius 1 is 0.391 bits per heavy atom. The lowest BCUT2D eigenvalue weighted by Crippen LogP contribution is -2.45. The summed E-state index contributed by atoms with van der Waals surface area (Å²) >= 11 is 0. The molecule has 0 aliphatic carbocycles. The molecule has 1 amide bonds. The van der Waals surface area contributed by atoms with Crippen LogP contribution in [0.5, 0.6) is 0 Å². The second-order valence-corrected chi connectivity index (χ2v) is 16.8. The van der Waals surface area contributed by atoms with Crippen LogP contribution in [-0.2, 0) is 4.79 Å². The SMILES string of the molecule is CC/C=C\C/C=C\C/C=C\C/C=C\C/C=C\C/C=C\C/C=C\C/C=C\C/C=C\C/C=C\CCCCCCCCC(=O)NC(CO)C(O)/C=C/CC/C=C/CCCCCCCCCCC. The molecular formula is C60H97NO3. The lowest BCUT2D eigenvalue weighted by atomic mass is 10.1. The Balaban J connectivity index is 3.71. The van der Waals surface area contributed by atoms with Crippen molar-refractivity contribution in [2.24, 2.45) is 0 Å². The summed E-state index contributed by atoms with van der Waals surface area (Å²) in [7, 11) is 0. The van der Waals surface area contributed by atoms with Gasteiger partial charge in [-0.15, -0.1) is 0 Å². The van der Waals surface area contributed by atoms with Crippen molar-refractivity contribution in [3.05, 3.63) is 146 Å². The molecule has 0 fully saturated rings. The summed E-state index contributed by atoms with van der Waals surface area (Å²) in [6.07, 6.45) is 85.5. The number of aliphatic hydroxyl groups excluding tert-OH is 2. The number of carbonyl (C=O) groups excluding carboxylic acids is 1. The fourth-order valence-corrected chi connectivity index (χ4v) is 6.87. The van der Waals surface area contributed by atoms with Gasteiger partial charge < -0.3 is 15.5 Å². The number of unbranched alkanes of at least 4 members (excludes halogenated alkanes) is 16. The first-order valence-corrected chi connectivity index (χ1v) is 26.0. The average molecular weight is 880 g/mol. The van der Waals surface area contributed by atoms with Crippen LogP contribution >= 0.6 is 0 Å². The van der Waals surface area contributed by atoms with Crippen LogP contribution in [0.25, 0.3) is 0 Å². The van der Waals surface area contributed by atoms with Gasteiger partial charge in [0.1, 0.15) is 0 Å². The van der Waals surface area contributed by atoms with E-state index in [0.717, 1.165) is 109 Å². The zero-order chi connectivity index (χ0) is 46.3. The molecule has 0 rings (SSSR count). The summed E-state index contributed by atoms with van der Waals surface area (Å²) in [6, 6.07) is -0.657.